The van der Waals surface area contributed by atoms with Gasteiger partial charge < -0.3 is 22.3 Å². The quantitative estimate of drug-likeness (QED) is 0.472. The van der Waals surface area contributed by atoms with Crippen molar-refractivity contribution in [3.05, 3.63) is 27.2 Å². The Labute approximate surface area is 115 Å². The van der Waals surface area contributed by atoms with Gasteiger partial charge in [-0.1, -0.05) is 11.6 Å². The Hall–Kier alpha value is -1.80. The maximum atomic E-state index is 10.8. The van der Waals surface area contributed by atoms with E-state index in [1.54, 1.807) is 0 Å². The van der Waals surface area contributed by atoms with E-state index >= 15 is 0 Å². The summed E-state index contributed by atoms with van der Waals surface area (Å²) in [7, 11) is 0. The zero-order chi connectivity index (χ0) is 13.9. The number of rotatable bonds is 2. The van der Waals surface area contributed by atoms with Crippen molar-refractivity contribution in [3.8, 4) is 0 Å². The Bertz CT molecular complexity index is 531. The molecule has 1 aromatic rings. The second-order valence-electron chi connectivity index (χ2n) is 3.10. The van der Waals surface area contributed by atoms with E-state index in [2.05, 4.69) is 25.9 Å². The Morgan fingerprint density at radius 1 is 1.33 bits per heavy atom. The summed E-state index contributed by atoms with van der Waals surface area (Å²) in [5.41, 5.74) is 16.0. The van der Waals surface area contributed by atoms with Crippen molar-refractivity contribution in [2.75, 3.05) is 0 Å². The van der Waals surface area contributed by atoms with Crippen LogP contribution in [-0.4, -0.2) is 23.0 Å². The summed E-state index contributed by atoms with van der Waals surface area (Å²) in [6.45, 7) is 0. The lowest BCUT2D eigenvalue weighted by Gasteiger charge is -2.04. The molecule has 96 valence electrons. The molecule has 0 aromatic heterocycles. The highest BCUT2D eigenvalue weighted by atomic mass is 79.9. The normalized spacial score (nSPS) is 11.1. The molecule has 0 amide bonds. The monoisotopic (exact) mass is 333 g/mol. The van der Waals surface area contributed by atoms with Crippen LogP contribution in [0.15, 0.2) is 26.6 Å². The summed E-state index contributed by atoms with van der Waals surface area (Å²) >= 11 is 9.03. The Balaban J connectivity index is 3.27. The first-order chi connectivity index (χ1) is 8.31. The van der Waals surface area contributed by atoms with E-state index in [-0.39, 0.29) is 28.2 Å². The Morgan fingerprint density at radius 3 is 2.39 bits per heavy atom. The SMILES string of the molecule is NC(N)=NC(N)=Nc1c(Cl)cc(C(=O)O)cc1Br. The van der Waals surface area contributed by atoms with Gasteiger partial charge in [0, 0.05) is 4.47 Å². The van der Waals surface area contributed by atoms with E-state index in [4.69, 9.17) is 33.9 Å². The minimum Gasteiger partial charge on any atom is -0.478 e. The van der Waals surface area contributed by atoms with E-state index in [9.17, 15) is 4.79 Å². The fraction of sp³-hybridized carbons (Fsp3) is 0. The molecule has 0 fully saturated rings. The second kappa shape index (κ2) is 5.69. The fourth-order valence-corrected chi connectivity index (χ4v) is 1.99. The standard InChI is InChI=1S/C9H9BrClN5O2/c10-4-1-3(7(17)18)2-5(11)6(4)15-9(14)16-8(12)13/h1-2H,(H,17,18)(H6,12,13,14,15,16). The molecular formula is C9H9BrClN5O2. The first-order valence-corrected chi connectivity index (χ1v) is 5.64. The smallest absolute Gasteiger partial charge is 0.335 e. The molecule has 0 spiro atoms. The van der Waals surface area contributed by atoms with Crippen LogP contribution in [0, 0.1) is 0 Å². The van der Waals surface area contributed by atoms with E-state index in [1.165, 1.54) is 12.1 Å². The summed E-state index contributed by atoms with van der Waals surface area (Å²) in [5.74, 6) is -1.54. The van der Waals surface area contributed by atoms with Gasteiger partial charge in [-0.05, 0) is 28.1 Å². The summed E-state index contributed by atoms with van der Waals surface area (Å²) in [6, 6.07) is 2.59. The maximum absolute atomic E-state index is 10.8. The number of nitrogens with two attached hydrogens (primary N) is 3. The van der Waals surface area contributed by atoms with Crippen molar-refractivity contribution < 1.29 is 9.90 Å². The van der Waals surface area contributed by atoms with Gasteiger partial charge in [-0.3, -0.25) is 0 Å². The van der Waals surface area contributed by atoms with E-state index < -0.39 is 5.97 Å². The molecule has 1 aromatic carbocycles. The van der Waals surface area contributed by atoms with E-state index in [0.29, 0.717) is 4.47 Å². The third-order valence-electron chi connectivity index (χ3n) is 1.73. The molecule has 1 rings (SSSR count). The Kier molecular flexibility index (Phi) is 4.51. The molecule has 0 aliphatic carbocycles. The first-order valence-electron chi connectivity index (χ1n) is 4.47. The third kappa shape index (κ3) is 3.60. The minimum absolute atomic E-state index is 0.0197. The van der Waals surface area contributed by atoms with Gasteiger partial charge in [0.15, 0.2) is 5.96 Å². The lowest BCUT2D eigenvalue weighted by atomic mass is 10.2. The lowest BCUT2D eigenvalue weighted by molar-refractivity contribution is 0.0697. The van der Waals surface area contributed by atoms with Crippen molar-refractivity contribution >= 4 is 51.1 Å². The van der Waals surface area contributed by atoms with Crippen LogP contribution >= 0.6 is 27.5 Å². The average Bonchev–Trinajstić information content (AvgIpc) is 2.21. The molecule has 18 heavy (non-hydrogen) atoms. The molecular weight excluding hydrogens is 325 g/mol. The third-order valence-corrected chi connectivity index (χ3v) is 2.63. The van der Waals surface area contributed by atoms with E-state index in [1.807, 2.05) is 0 Å². The molecule has 7 nitrogen and oxygen atoms in total. The summed E-state index contributed by atoms with van der Waals surface area (Å²) in [4.78, 5) is 18.2. The van der Waals surface area contributed by atoms with Crippen molar-refractivity contribution in [1.29, 1.82) is 0 Å². The number of nitrogens with zero attached hydrogens (tertiary/aromatic N) is 2. The second-order valence-corrected chi connectivity index (χ2v) is 4.36. The number of carbonyl (C=O) groups is 1. The number of hydrogen-bond acceptors (Lipinski definition) is 2. The number of aromatic carboxylic acids is 1. The molecule has 0 saturated heterocycles. The number of aliphatic imine (C=N–C) groups is 2. The molecule has 7 N–H and O–H groups in total. The van der Waals surface area contributed by atoms with Crippen LogP contribution in [0.5, 0.6) is 0 Å². The predicted molar refractivity (Wildman–Crippen MR) is 73.2 cm³/mol. The van der Waals surface area contributed by atoms with Crippen LogP contribution in [0.4, 0.5) is 5.69 Å². The molecule has 9 heteroatoms. The number of benzene rings is 1. The summed E-state index contributed by atoms with van der Waals surface area (Å²) in [6.07, 6.45) is 0. The average molecular weight is 335 g/mol. The first kappa shape index (κ1) is 14.3. The molecule has 0 atom stereocenters. The Morgan fingerprint density at radius 2 is 1.94 bits per heavy atom. The van der Waals surface area contributed by atoms with E-state index in [0.717, 1.165) is 0 Å². The zero-order valence-corrected chi connectivity index (χ0v) is 11.2. The highest BCUT2D eigenvalue weighted by Crippen LogP contribution is 2.34. The van der Waals surface area contributed by atoms with Gasteiger partial charge in [-0.2, -0.15) is 4.99 Å². The van der Waals surface area contributed by atoms with Crippen LogP contribution in [-0.2, 0) is 0 Å². The molecule has 0 aliphatic rings. The number of carboxylic acids is 1. The molecule has 0 radical (unpaired) electrons. The molecule has 0 saturated carbocycles. The number of halogens is 2. The van der Waals surface area contributed by atoms with Crippen LogP contribution in [0.25, 0.3) is 0 Å². The van der Waals surface area contributed by atoms with Crippen LogP contribution < -0.4 is 17.2 Å². The highest BCUT2D eigenvalue weighted by molar-refractivity contribution is 9.10. The fourth-order valence-electron chi connectivity index (χ4n) is 1.07. The van der Waals surface area contributed by atoms with Gasteiger partial charge >= 0.3 is 5.97 Å². The minimum atomic E-state index is -1.11. The predicted octanol–water partition coefficient (Wildman–Crippen LogP) is 1.02. The van der Waals surface area contributed by atoms with Crippen molar-refractivity contribution in [2.45, 2.75) is 0 Å². The van der Waals surface area contributed by atoms with Crippen LogP contribution in [0.1, 0.15) is 10.4 Å². The van der Waals surface area contributed by atoms with Crippen molar-refractivity contribution in [2.24, 2.45) is 27.2 Å². The van der Waals surface area contributed by atoms with Gasteiger partial charge in [-0.15, -0.1) is 0 Å². The number of carboxylic acid groups (broad SMARTS) is 1. The van der Waals surface area contributed by atoms with Gasteiger partial charge in [-0.25, -0.2) is 9.79 Å². The zero-order valence-electron chi connectivity index (χ0n) is 8.89. The number of guanidine groups is 2. The molecule has 0 aliphatic heterocycles. The largest absolute Gasteiger partial charge is 0.478 e. The number of hydrogen-bond donors (Lipinski definition) is 4. The summed E-state index contributed by atoms with van der Waals surface area (Å²) < 4.78 is 0.362. The molecule has 0 bridgehead atoms. The van der Waals surface area contributed by atoms with Crippen molar-refractivity contribution in [3.63, 3.8) is 0 Å². The molecule has 0 heterocycles. The van der Waals surface area contributed by atoms with Crippen LogP contribution in [0.2, 0.25) is 5.02 Å². The summed E-state index contributed by atoms with van der Waals surface area (Å²) in [5, 5.41) is 8.94. The van der Waals surface area contributed by atoms with Gasteiger partial charge in [0.1, 0.15) is 0 Å². The van der Waals surface area contributed by atoms with Crippen molar-refractivity contribution in [1.82, 2.24) is 0 Å². The lowest BCUT2D eigenvalue weighted by Crippen LogP contribution is -2.26. The molecule has 0 unspecified atom stereocenters. The topological polar surface area (TPSA) is 140 Å². The maximum Gasteiger partial charge on any atom is 0.335 e. The van der Waals surface area contributed by atoms with Gasteiger partial charge in [0.2, 0.25) is 5.96 Å². The van der Waals surface area contributed by atoms with Gasteiger partial charge in [0.05, 0.1) is 16.3 Å². The van der Waals surface area contributed by atoms with Crippen LogP contribution in [0.3, 0.4) is 0 Å². The van der Waals surface area contributed by atoms with Gasteiger partial charge in [0.25, 0.3) is 0 Å². The highest BCUT2D eigenvalue weighted by Gasteiger charge is 2.11.